The lowest BCUT2D eigenvalue weighted by Gasteiger charge is -2.12. The van der Waals surface area contributed by atoms with Gasteiger partial charge in [-0.15, -0.1) is 0 Å². The molecule has 0 amide bonds. The van der Waals surface area contributed by atoms with Crippen LogP contribution in [-0.2, 0) is 6.61 Å². The number of nitrogens with one attached hydrogen (secondary N) is 1. The first-order chi connectivity index (χ1) is 9.42. The monoisotopic (exact) mass is 253 g/mol. The second-order valence-electron chi connectivity index (χ2n) is 4.99. The number of ether oxygens (including phenoxy) is 1. The molecule has 1 aliphatic rings. The second-order valence-corrected chi connectivity index (χ2v) is 4.99. The molecule has 98 valence electrons. The van der Waals surface area contributed by atoms with E-state index in [1.54, 1.807) is 0 Å². The third-order valence-corrected chi connectivity index (χ3v) is 3.59. The number of rotatable bonds is 4. The van der Waals surface area contributed by atoms with Crippen molar-refractivity contribution in [2.45, 2.75) is 25.5 Å². The van der Waals surface area contributed by atoms with E-state index < -0.39 is 0 Å². The fraction of sp³-hybridized carbons (Fsp3) is 0.294. The fourth-order valence-electron chi connectivity index (χ4n) is 2.51. The Bertz CT molecular complexity index is 501. The average molecular weight is 253 g/mol. The maximum absolute atomic E-state index is 5.79. The van der Waals surface area contributed by atoms with Gasteiger partial charge in [-0.05, 0) is 42.6 Å². The third-order valence-electron chi connectivity index (χ3n) is 3.59. The lowest BCUT2D eigenvalue weighted by Crippen LogP contribution is -2.12. The van der Waals surface area contributed by atoms with Crippen LogP contribution in [0.15, 0.2) is 54.6 Å². The molecule has 1 aliphatic heterocycles. The van der Waals surface area contributed by atoms with Gasteiger partial charge in [0.15, 0.2) is 0 Å². The first-order valence-corrected chi connectivity index (χ1v) is 6.92. The highest BCUT2D eigenvalue weighted by molar-refractivity contribution is 5.30. The minimum Gasteiger partial charge on any atom is -0.489 e. The Hall–Kier alpha value is -1.80. The van der Waals surface area contributed by atoms with Gasteiger partial charge in [0.1, 0.15) is 12.4 Å². The van der Waals surface area contributed by atoms with Crippen LogP contribution in [0.3, 0.4) is 0 Å². The SMILES string of the molecule is c1ccc(COc2ccc(C3CCCN3)cc2)cc1. The Balaban J connectivity index is 1.60. The molecule has 0 bridgehead atoms. The van der Waals surface area contributed by atoms with Gasteiger partial charge in [0.05, 0.1) is 0 Å². The largest absolute Gasteiger partial charge is 0.489 e. The molecular formula is C17H19NO. The summed E-state index contributed by atoms with van der Waals surface area (Å²) < 4.78 is 5.79. The molecule has 0 aromatic heterocycles. The predicted octanol–water partition coefficient (Wildman–Crippen LogP) is 3.69. The highest BCUT2D eigenvalue weighted by Gasteiger charge is 2.15. The van der Waals surface area contributed by atoms with E-state index in [0.29, 0.717) is 12.6 Å². The normalized spacial score (nSPS) is 18.4. The zero-order valence-corrected chi connectivity index (χ0v) is 11.0. The van der Waals surface area contributed by atoms with Crippen LogP contribution in [0.25, 0.3) is 0 Å². The molecular weight excluding hydrogens is 234 g/mol. The van der Waals surface area contributed by atoms with Gasteiger partial charge in [0.25, 0.3) is 0 Å². The quantitative estimate of drug-likeness (QED) is 0.897. The summed E-state index contributed by atoms with van der Waals surface area (Å²) >= 11 is 0. The summed E-state index contributed by atoms with van der Waals surface area (Å²) in [5, 5.41) is 3.51. The Morgan fingerprint density at radius 3 is 2.47 bits per heavy atom. The molecule has 2 nitrogen and oxygen atoms in total. The summed E-state index contributed by atoms with van der Waals surface area (Å²) in [7, 11) is 0. The van der Waals surface area contributed by atoms with E-state index in [4.69, 9.17) is 4.74 Å². The summed E-state index contributed by atoms with van der Waals surface area (Å²) in [6, 6.07) is 19.3. The van der Waals surface area contributed by atoms with Crippen molar-refractivity contribution in [1.29, 1.82) is 0 Å². The van der Waals surface area contributed by atoms with Crippen LogP contribution in [0.2, 0.25) is 0 Å². The molecule has 1 saturated heterocycles. The van der Waals surface area contributed by atoms with Gasteiger partial charge in [-0.3, -0.25) is 0 Å². The summed E-state index contributed by atoms with van der Waals surface area (Å²) in [4.78, 5) is 0. The molecule has 3 rings (SSSR count). The van der Waals surface area contributed by atoms with Crippen molar-refractivity contribution in [2.24, 2.45) is 0 Å². The number of hydrogen-bond acceptors (Lipinski definition) is 2. The predicted molar refractivity (Wildman–Crippen MR) is 77.2 cm³/mol. The molecule has 0 radical (unpaired) electrons. The van der Waals surface area contributed by atoms with Crippen LogP contribution in [0.5, 0.6) is 5.75 Å². The maximum Gasteiger partial charge on any atom is 0.119 e. The van der Waals surface area contributed by atoms with Gasteiger partial charge >= 0.3 is 0 Å². The zero-order valence-electron chi connectivity index (χ0n) is 11.0. The minimum absolute atomic E-state index is 0.531. The van der Waals surface area contributed by atoms with Crippen molar-refractivity contribution in [3.8, 4) is 5.75 Å². The Labute approximate surface area is 114 Å². The van der Waals surface area contributed by atoms with Gasteiger partial charge in [-0.1, -0.05) is 42.5 Å². The van der Waals surface area contributed by atoms with Gasteiger partial charge in [-0.25, -0.2) is 0 Å². The van der Waals surface area contributed by atoms with Crippen molar-refractivity contribution in [3.05, 3.63) is 65.7 Å². The summed E-state index contributed by atoms with van der Waals surface area (Å²) in [6.07, 6.45) is 2.52. The summed E-state index contributed by atoms with van der Waals surface area (Å²) in [5.74, 6) is 0.936. The standard InChI is InChI=1S/C17H19NO/c1-2-5-14(6-3-1)13-19-16-10-8-15(9-11-16)17-7-4-12-18-17/h1-3,5-6,8-11,17-18H,4,7,12-13H2. The molecule has 1 unspecified atom stereocenters. The van der Waals surface area contributed by atoms with E-state index in [1.165, 1.54) is 24.0 Å². The maximum atomic E-state index is 5.79. The molecule has 1 fully saturated rings. The number of hydrogen-bond donors (Lipinski definition) is 1. The molecule has 2 aromatic carbocycles. The Kier molecular flexibility index (Phi) is 3.80. The average Bonchev–Trinajstić information content (AvgIpc) is 3.01. The lowest BCUT2D eigenvalue weighted by atomic mass is 10.1. The van der Waals surface area contributed by atoms with Crippen molar-refractivity contribution in [1.82, 2.24) is 5.32 Å². The van der Waals surface area contributed by atoms with Gasteiger partial charge in [-0.2, -0.15) is 0 Å². The Morgan fingerprint density at radius 2 is 1.79 bits per heavy atom. The minimum atomic E-state index is 0.531. The third kappa shape index (κ3) is 3.15. The Morgan fingerprint density at radius 1 is 1.00 bits per heavy atom. The molecule has 1 N–H and O–H groups in total. The van der Waals surface area contributed by atoms with Crippen LogP contribution in [0.1, 0.15) is 30.0 Å². The lowest BCUT2D eigenvalue weighted by molar-refractivity contribution is 0.306. The topological polar surface area (TPSA) is 21.3 Å². The molecule has 0 spiro atoms. The first-order valence-electron chi connectivity index (χ1n) is 6.92. The first kappa shape index (κ1) is 12.2. The summed E-state index contributed by atoms with van der Waals surface area (Å²) in [5.41, 5.74) is 2.56. The molecule has 0 saturated carbocycles. The zero-order chi connectivity index (χ0) is 12.9. The van der Waals surface area contributed by atoms with Crippen molar-refractivity contribution in [3.63, 3.8) is 0 Å². The smallest absolute Gasteiger partial charge is 0.119 e. The van der Waals surface area contributed by atoms with Crippen molar-refractivity contribution < 1.29 is 4.74 Å². The van der Waals surface area contributed by atoms with E-state index in [9.17, 15) is 0 Å². The molecule has 2 heteroatoms. The van der Waals surface area contributed by atoms with Gasteiger partial charge in [0.2, 0.25) is 0 Å². The van der Waals surface area contributed by atoms with Crippen LogP contribution >= 0.6 is 0 Å². The van der Waals surface area contributed by atoms with Crippen LogP contribution < -0.4 is 10.1 Å². The summed E-state index contributed by atoms with van der Waals surface area (Å²) in [6.45, 7) is 1.76. The van der Waals surface area contributed by atoms with Crippen molar-refractivity contribution in [2.75, 3.05) is 6.54 Å². The van der Waals surface area contributed by atoms with E-state index in [0.717, 1.165) is 12.3 Å². The van der Waals surface area contributed by atoms with Crippen LogP contribution in [0.4, 0.5) is 0 Å². The highest BCUT2D eigenvalue weighted by Crippen LogP contribution is 2.24. The van der Waals surface area contributed by atoms with Crippen molar-refractivity contribution >= 4 is 0 Å². The molecule has 1 atom stereocenters. The van der Waals surface area contributed by atoms with E-state index in [2.05, 4.69) is 41.7 Å². The van der Waals surface area contributed by atoms with E-state index >= 15 is 0 Å². The van der Waals surface area contributed by atoms with Gasteiger partial charge in [0, 0.05) is 6.04 Å². The van der Waals surface area contributed by atoms with E-state index in [-0.39, 0.29) is 0 Å². The molecule has 19 heavy (non-hydrogen) atoms. The molecule has 0 aliphatic carbocycles. The van der Waals surface area contributed by atoms with E-state index in [1.807, 2.05) is 18.2 Å². The van der Waals surface area contributed by atoms with Gasteiger partial charge < -0.3 is 10.1 Å². The second kappa shape index (κ2) is 5.89. The van der Waals surface area contributed by atoms with Crippen LogP contribution in [0, 0.1) is 0 Å². The molecule has 1 heterocycles. The fourth-order valence-corrected chi connectivity index (χ4v) is 2.51. The highest BCUT2D eigenvalue weighted by atomic mass is 16.5. The molecule has 2 aromatic rings. The number of benzene rings is 2. The van der Waals surface area contributed by atoms with Crippen LogP contribution in [-0.4, -0.2) is 6.54 Å².